The second-order valence-electron chi connectivity index (χ2n) is 2.66. The number of aromatic nitrogens is 2. The summed E-state index contributed by atoms with van der Waals surface area (Å²) in [6.45, 7) is 2.07. The summed E-state index contributed by atoms with van der Waals surface area (Å²) in [5.74, 6) is 1.40. The van der Waals surface area contributed by atoms with Crippen LogP contribution >= 0.6 is 0 Å². The van der Waals surface area contributed by atoms with E-state index in [9.17, 15) is 0 Å². The van der Waals surface area contributed by atoms with E-state index in [0.717, 1.165) is 18.7 Å². The highest BCUT2D eigenvalue weighted by molar-refractivity contribution is 5.49. The van der Waals surface area contributed by atoms with Crippen LogP contribution in [-0.2, 0) is 6.42 Å². The summed E-state index contributed by atoms with van der Waals surface area (Å²) in [6.07, 6.45) is 3.42. The van der Waals surface area contributed by atoms with Crippen molar-refractivity contribution in [3.8, 4) is 6.07 Å². The zero-order valence-electron chi connectivity index (χ0n) is 7.83. The minimum atomic E-state index is 0.488. The van der Waals surface area contributed by atoms with Gasteiger partial charge in [0.2, 0.25) is 0 Å². The molecule has 13 heavy (non-hydrogen) atoms. The average Bonchev–Trinajstić information content (AvgIpc) is 2.18. The van der Waals surface area contributed by atoms with Crippen LogP contribution in [0, 0.1) is 11.3 Å². The number of hydrogen-bond acceptors (Lipinski definition) is 4. The molecular weight excluding hydrogens is 164 g/mol. The van der Waals surface area contributed by atoms with Gasteiger partial charge in [-0.25, -0.2) is 9.97 Å². The van der Waals surface area contributed by atoms with Gasteiger partial charge in [-0.15, -0.1) is 0 Å². The number of nitriles is 1. The van der Waals surface area contributed by atoms with E-state index in [2.05, 4.69) is 22.2 Å². The van der Waals surface area contributed by atoms with E-state index < -0.39 is 0 Å². The Morgan fingerprint density at radius 1 is 1.62 bits per heavy atom. The molecule has 0 aliphatic heterocycles. The molecule has 0 radical (unpaired) electrons. The topological polar surface area (TPSA) is 61.6 Å². The van der Waals surface area contributed by atoms with Crippen LogP contribution in [0.4, 0.5) is 5.82 Å². The van der Waals surface area contributed by atoms with Gasteiger partial charge in [0.1, 0.15) is 23.3 Å². The van der Waals surface area contributed by atoms with Crippen LogP contribution in [0.15, 0.2) is 6.20 Å². The summed E-state index contributed by atoms with van der Waals surface area (Å²) < 4.78 is 0. The maximum atomic E-state index is 8.70. The van der Waals surface area contributed by atoms with Crippen LogP contribution in [0.1, 0.15) is 24.7 Å². The van der Waals surface area contributed by atoms with Crippen LogP contribution in [0.2, 0.25) is 0 Å². The molecule has 0 aliphatic rings. The molecule has 1 heterocycles. The third kappa shape index (κ3) is 2.15. The monoisotopic (exact) mass is 176 g/mol. The molecule has 1 rings (SSSR count). The summed E-state index contributed by atoms with van der Waals surface area (Å²) in [5, 5.41) is 11.6. The standard InChI is InChI=1S/C9H12N4/c1-3-4-8-12-6-7(5-10)9(11-2)13-8/h6H,3-4H2,1-2H3,(H,11,12,13). The van der Waals surface area contributed by atoms with Gasteiger partial charge >= 0.3 is 0 Å². The van der Waals surface area contributed by atoms with Gasteiger partial charge in [0.05, 0.1) is 6.20 Å². The number of nitrogens with one attached hydrogen (secondary N) is 1. The molecular formula is C9H12N4. The van der Waals surface area contributed by atoms with Crippen LogP contribution in [0.25, 0.3) is 0 Å². The Morgan fingerprint density at radius 2 is 2.38 bits per heavy atom. The lowest BCUT2D eigenvalue weighted by Gasteiger charge is -2.03. The molecule has 0 spiro atoms. The molecule has 0 atom stereocenters. The van der Waals surface area contributed by atoms with Crippen molar-refractivity contribution in [2.75, 3.05) is 12.4 Å². The highest BCUT2D eigenvalue weighted by atomic mass is 15.0. The molecule has 0 unspecified atom stereocenters. The maximum absolute atomic E-state index is 8.70. The van der Waals surface area contributed by atoms with E-state index in [1.807, 2.05) is 6.07 Å². The van der Waals surface area contributed by atoms with Crippen LogP contribution < -0.4 is 5.32 Å². The van der Waals surface area contributed by atoms with E-state index in [4.69, 9.17) is 5.26 Å². The van der Waals surface area contributed by atoms with Gasteiger partial charge in [-0.2, -0.15) is 5.26 Å². The van der Waals surface area contributed by atoms with E-state index in [1.54, 1.807) is 13.2 Å². The van der Waals surface area contributed by atoms with Crippen molar-refractivity contribution in [1.29, 1.82) is 5.26 Å². The first-order valence-corrected chi connectivity index (χ1v) is 4.25. The summed E-state index contributed by atoms with van der Waals surface area (Å²) in [4.78, 5) is 8.28. The van der Waals surface area contributed by atoms with E-state index in [1.165, 1.54) is 0 Å². The van der Waals surface area contributed by atoms with Crippen molar-refractivity contribution in [2.24, 2.45) is 0 Å². The minimum Gasteiger partial charge on any atom is -0.372 e. The van der Waals surface area contributed by atoms with Crippen LogP contribution in [0.3, 0.4) is 0 Å². The molecule has 0 aliphatic carbocycles. The highest BCUT2D eigenvalue weighted by Crippen LogP contribution is 2.09. The lowest BCUT2D eigenvalue weighted by molar-refractivity contribution is 0.834. The van der Waals surface area contributed by atoms with Crippen molar-refractivity contribution in [1.82, 2.24) is 9.97 Å². The molecule has 0 fully saturated rings. The fourth-order valence-electron chi connectivity index (χ4n) is 1.03. The second kappa shape index (κ2) is 4.41. The maximum Gasteiger partial charge on any atom is 0.147 e. The van der Waals surface area contributed by atoms with Crippen LogP contribution in [0.5, 0.6) is 0 Å². The molecule has 0 aromatic carbocycles. The number of rotatable bonds is 3. The molecule has 1 aromatic rings. The molecule has 68 valence electrons. The fourth-order valence-corrected chi connectivity index (χ4v) is 1.03. The molecule has 0 bridgehead atoms. The lowest BCUT2D eigenvalue weighted by atomic mass is 10.3. The molecule has 0 saturated heterocycles. The quantitative estimate of drug-likeness (QED) is 0.755. The molecule has 4 nitrogen and oxygen atoms in total. The van der Waals surface area contributed by atoms with E-state index in [0.29, 0.717) is 11.4 Å². The Balaban J connectivity index is 3.00. The first kappa shape index (κ1) is 9.46. The summed E-state index contributed by atoms with van der Waals surface area (Å²) in [6, 6.07) is 2.03. The number of hydrogen-bond donors (Lipinski definition) is 1. The lowest BCUT2D eigenvalue weighted by Crippen LogP contribution is -2.02. The Morgan fingerprint density at radius 3 is 2.92 bits per heavy atom. The van der Waals surface area contributed by atoms with Crippen LogP contribution in [-0.4, -0.2) is 17.0 Å². The summed E-state index contributed by atoms with van der Waals surface area (Å²) >= 11 is 0. The van der Waals surface area contributed by atoms with Gasteiger partial charge in [-0.3, -0.25) is 0 Å². The van der Waals surface area contributed by atoms with Crippen molar-refractivity contribution in [3.63, 3.8) is 0 Å². The van der Waals surface area contributed by atoms with Gasteiger partial charge in [-0.05, 0) is 6.42 Å². The highest BCUT2D eigenvalue weighted by Gasteiger charge is 2.03. The Bertz CT molecular complexity index is 327. The summed E-state index contributed by atoms with van der Waals surface area (Å²) in [7, 11) is 1.75. The molecule has 0 amide bonds. The zero-order valence-corrected chi connectivity index (χ0v) is 7.83. The third-order valence-corrected chi connectivity index (χ3v) is 1.67. The fraction of sp³-hybridized carbons (Fsp3) is 0.444. The first-order chi connectivity index (χ1) is 6.31. The van der Waals surface area contributed by atoms with Crippen molar-refractivity contribution in [3.05, 3.63) is 17.6 Å². The molecule has 4 heteroatoms. The Hall–Kier alpha value is -1.63. The largest absolute Gasteiger partial charge is 0.372 e. The molecule has 1 aromatic heterocycles. The zero-order chi connectivity index (χ0) is 9.68. The Kier molecular flexibility index (Phi) is 3.21. The van der Waals surface area contributed by atoms with Crippen molar-refractivity contribution in [2.45, 2.75) is 19.8 Å². The van der Waals surface area contributed by atoms with Gasteiger partial charge < -0.3 is 5.32 Å². The predicted octanol–water partition coefficient (Wildman–Crippen LogP) is 1.34. The number of anilines is 1. The first-order valence-electron chi connectivity index (χ1n) is 4.25. The second-order valence-corrected chi connectivity index (χ2v) is 2.66. The van der Waals surface area contributed by atoms with Gasteiger partial charge in [0, 0.05) is 13.5 Å². The van der Waals surface area contributed by atoms with E-state index >= 15 is 0 Å². The third-order valence-electron chi connectivity index (χ3n) is 1.67. The smallest absolute Gasteiger partial charge is 0.147 e. The van der Waals surface area contributed by atoms with Gasteiger partial charge in [0.25, 0.3) is 0 Å². The molecule has 0 saturated carbocycles. The van der Waals surface area contributed by atoms with Gasteiger partial charge in [-0.1, -0.05) is 6.92 Å². The SMILES string of the molecule is CCCc1ncc(C#N)c(NC)n1. The number of nitrogens with zero attached hydrogens (tertiary/aromatic N) is 3. The Labute approximate surface area is 77.6 Å². The van der Waals surface area contributed by atoms with E-state index in [-0.39, 0.29) is 0 Å². The number of aryl methyl sites for hydroxylation is 1. The normalized spacial score (nSPS) is 9.31. The van der Waals surface area contributed by atoms with Gasteiger partial charge in [0.15, 0.2) is 0 Å². The summed E-state index contributed by atoms with van der Waals surface area (Å²) in [5.41, 5.74) is 0.488. The van der Waals surface area contributed by atoms with Crippen molar-refractivity contribution >= 4 is 5.82 Å². The average molecular weight is 176 g/mol. The predicted molar refractivity (Wildman–Crippen MR) is 50.3 cm³/mol. The van der Waals surface area contributed by atoms with Crippen molar-refractivity contribution < 1.29 is 0 Å². The molecule has 1 N–H and O–H groups in total. The minimum absolute atomic E-state index is 0.488.